The number of aryl methyl sites for hydroxylation is 2. The molecule has 2 unspecified atom stereocenters. The maximum atomic E-state index is 3.99. The van der Waals surface area contributed by atoms with Crippen molar-refractivity contribution in [3.05, 3.63) is 70.8 Å². The third kappa shape index (κ3) is 3.13. The van der Waals surface area contributed by atoms with Crippen LogP contribution in [0.3, 0.4) is 0 Å². The number of nitrogens with one attached hydrogen (secondary N) is 2. The normalized spacial score (nSPS) is 29.9. The first-order chi connectivity index (χ1) is 11.7. The SMILES string of the molecule is Cc1ccc(C2N[C@@H]3CCCC[C@H]3NC2c2ccc(C)cc2)cc1. The highest BCUT2D eigenvalue weighted by Gasteiger charge is 2.38. The van der Waals surface area contributed by atoms with Gasteiger partial charge in [-0.05, 0) is 37.8 Å². The van der Waals surface area contributed by atoms with Crippen molar-refractivity contribution in [1.29, 1.82) is 0 Å². The standard InChI is InChI=1S/C22H28N2/c1-15-7-11-17(12-8-15)21-22(18-13-9-16(2)10-14-18)24-20-6-4-3-5-19(20)23-21/h7-14,19-24H,3-6H2,1-2H3/t19-,20-,21?,22?/m1/s1. The van der Waals surface area contributed by atoms with Crippen molar-refractivity contribution in [3.63, 3.8) is 0 Å². The lowest BCUT2D eigenvalue weighted by molar-refractivity contribution is 0.168. The largest absolute Gasteiger partial charge is 0.304 e. The molecule has 0 radical (unpaired) electrons. The number of hydrogen-bond donors (Lipinski definition) is 2. The van der Waals surface area contributed by atoms with Crippen LogP contribution in [0.15, 0.2) is 48.5 Å². The lowest BCUT2D eigenvalue weighted by Gasteiger charge is -2.46. The number of hydrogen-bond acceptors (Lipinski definition) is 2. The Morgan fingerprint density at radius 2 is 1.00 bits per heavy atom. The van der Waals surface area contributed by atoms with E-state index >= 15 is 0 Å². The minimum Gasteiger partial charge on any atom is -0.304 e. The Labute approximate surface area is 145 Å². The van der Waals surface area contributed by atoms with E-state index < -0.39 is 0 Å². The first kappa shape index (κ1) is 15.9. The molecule has 0 aromatic heterocycles. The quantitative estimate of drug-likeness (QED) is 0.845. The molecule has 2 N–H and O–H groups in total. The van der Waals surface area contributed by atoms with E-state index in [4.69, 9.17) is 0 Å². The summed E-state index contributed by atoms with van der Waals surface area (Å²) in [5.41, 5.74) is 5.43. The summed E-state index contributed by atoms with van der Waals surface area (Å²) < 4.78 is 0. The van der Waals surface area contributed by atoms with Gasteiger partial charge in [-0.1, -0.05) is 72.5 Å². The predicted molar refractivity (Wildman–Crippen MR) is 100 cm³/mol. The Hall–Kier alpha value is -1.64. The molecule has 1 saturated carbocycles. The average molecular weight is 320 g/mol. The fraction of sp³-hybridized carbons (Fsp3) is 0.455. The highest BCUT2D eigenvalue weighted by atomic mass is 15.2. The second-order valence-electron chi connectivity index (χ2n) is 7.61. The van der Waals surface area contributed by atoms with Crippen LogP contribution in [-0.2, 0) is 0 Å². The molecule has 4 atom stereocenters. The Kier molecular flexibility index (Phi) is 4.43. The molecule has 24 heavy (non-hydrogen) atoms. The minimum absolute atomic E-state index is 0.340. The van der Waals surface area contributed by atoms with Crippen molar-refractivity contribution in [2.45, 2.75) is 63.7 Å². The summed E-state index contributed by atoms with van der Waals surface area (Å²) in [4.78, 5) is 0. The van der Waals surface area contributed by atoms with Crippen LogP contribution in [0.2, 0.25) is 0 Å². The second-order valence-corrected chi connectivity index (χ2v) is 7.61. The monoisotopic (exact) mass is 320 g/mol. The van der Waals surface area contributed by atoms with Crippen LogP contribution in [0.4, 0.5) is 0 Å². The van der Waals surface area contributed by atoms with Crippen molar-refractivity contribution in [1.82, 2.24) is 10.6 Å². The first-order valence-electron chi connectivity index (χ1n) is 9.36. The van der Waals surface area contributed by atoms with Crippen molar-refractivity contribution in [3.8, 4) is 0 Å². The molecule has 2 aliphatic rings. The maximum absolute atomic E-state index is 3.99. The van der Waals surface area contributed by atoms with Gasteiger partial charge in [0.25, 0.3) is 0 Å². The topological polar surface area (TPSA) is 24.1 Å². The van der Waals surface area contributed by atoms with Gasteiger partial charge in [0.05, 0.1) is 12.1 Å². The molecule has 2 heteroatoms. The molecular weight excluding hydrogens is 292 g/mol. The van der Waals surface area contributed by atoms with E-state index in [2.05, 4.69) is 73.0 Å². The summed E-state index contributed by atoms with van der Waals surface area (Å²) in [6, 6.07) is 20.0. The van der Waals surface area contributed by atoms with Crippen molar-refractivity contribution >= 4 is 0 Å². The molecule has 0 bridgehead atoms. The molecule has 0 amide bonds. The molecule has 1 aliphatic heterocycles. The van der Waals surface area contributed by atoms with Gasteiger partial charge in [-0.15, -0.1) is 0 Å². The van der Waals surface area contributed by atoms with Gasteiger partial charge in [0.1, 0.15) is 0 Å². The minimum atomic E-state index is 0.340. The summed E-state index contributed by atoms with van der Waals surface area (Å²) in [6.07, 6.45) is 5.29. The molecule has 0 spiro atoms. The van der Waals surface area contributed by atoms with Crippen LogP contribution in [0.1, 0.15) is 60.0 Å². The second kappa shape index (κ2) is 6.70. The molecular formula is C22H28N2. The van der Waals surface area contributed by atoms with Crippen LogP contribution in [0, 0.1) is 13.8 Å². The molecule has 4 rings (SSSR count). The number of fused-ring (bicyclic) bond motifs is 1. The van der Waals surface area contributed by atoms with E-state index in [1.165, 1.54) is 47.9 Å². The van der Waals surface area contributed by atoms with Crippen LogP contribution < -0.4 is 10.6 Å². The molecule has 1 aliphatic carbocycles. The summed E-state index contributed by atoms with van der Waals surface area (Å²) in [5, 5.41) is 7.98. The van der Waals surface area contributed by atoms with Gasteiger partial charge in [-0.2, -0.15) is 0 Å². The zero-order valence-electron chi connectivity index (χ0n) is 14.8. The summed E-state index contributed by atoms with van der Waals surface area (Å²) in [7, 11) is 0. The molecule has 1 saturated heterocycles. The van der Waals surface area contributed by atoms with E-state index in [0.717, 1.165) is 0 Å². The Morgan fingerprint density at radius 1 is 0.625 bits per heavy atom. The van der Waals surface area contributed by atoms with Gasteiger partial charge in [0.15, 0.2) is 0 Å². The van der Waals surface area contributed by atoms with Gasteiger partial charge < -0.3 is 10.6 Å². The fourth-order valence-corrected chi connectivity index (χ4v) is 4.31. The van der Waals surface area contributed by atoms with Crippen LogP contribution in [0.5, 0.6) is 0 Å². The lowest BCUT2D eigenvalue weighted by atomic mass is 9.82. The molecule has 2 fully saturated rings. The van der Waals surface area contributed by atoms with Crippen LogP contribution >= 0.6 is 0 Å². The van der Waals surface area contributed by atoms with E-state index in [0.29, 0.717) is 24.2 Å². The highest BCUT2D eigenvalue weighted by Crippen LogP contribution is 2.36. The smallest absolute Gasteiger partial charge is 0.0521 e. The van der Waals surface area contributed by atoms with Crippen molar-refractivity contribution in [2.75, 3.05) is 0 Å². The Balaban J connectivity index is 1.68. The van der Waals surface area contributed by atoms with E-state index in [1.54, 1.807) is 0 Å². The van der Waals surface area contributed by atoms with Crippen LogP contribution in [0.25, 0.3) is 0 Å². The van der Waals surface area contributed by atoms with E-state index in [9.17, 15) is 0 Å². The van der Waals surface area contributed by atoms with Crippen LogP contribution in [-0.4, -0.2) is 12.1 Å². The van der Waals surface area contributed by atoms with Gasteiger partial charge >= 0.3 is 0 Å². The number of benzene rings is 2. The summed E-state index contributed by atoms with van der Waals surface area (Å²) in [5.74, 6) is 0. The Morgan fingerprint density at radius 3 is 1.38 bits per heavy atom. The average Bonchev–Trinajstić information content (AvgIpc) is 2.62. The fourth-order valence-electron chi connectivity index (χ4n) is 4.31. The maximum Gasteiger partial charge on any atom is 0.0521 e. The predicted octanol–water partition coefficient (Wildman–Crippen LogP) is 4.59. The molecule has 2 aromatic rings. The molecule has 2 nitrogen and oxygen atoms in total. The Bertz CT molecular complexity index is 613. The van der Waals surface area contributed by atoms with E-state index in [-0.39, 0.29) is 0 Å². The van der Waals surface area contributed by atoms with Gasteiger partial charge in [0.2, 0.25) is 0 Å². The number of rotatable bonds is 2. The zero-order valence-corrected chi connectivity index (χ0v) is 14.8. The molecule has 2 aromatic carbocycles. The summed E-state index contributed by atoms with van der Waals surface area (Å²) >= 11 is 0. The van der Waals surface area contributed by atoms with Gasteiger partial charge in [-0.25, -0.2) is 0 Å². The van der Waals surface area contributed by atoms with Crippen molar-refractivity contribution in [2.24, 2.45) is 0 Å². The van der Waals surface area contributed by atoms with Gasteiger partial charge in [-0.3, -0.25) is 0 Å². The third-order valence-electron chi connectivity index (χ3n) is 5.76. The first-order valence-corrected chi connectivity index (χ1v) is 9.36. The highest BCUT2D eigenvalue weighted by molar-refractivity contribution is 5.32. The van der Waals surface area contributed by atoms with Gasteiger partial charge in [0, 0.05) is 12.1 Å². The van der Waals surface area contributed by atoms with Crippen molar-refractivity contribution < 1.29 is 0 Å². The zero-order chi connectivity index (χ0) is 16.5. The summed E-state index contributed by atoms with van der Waals surface area (Å²) in [6.45, 7) is 4.32. The third-order valence-corrected chi connectivity index (χ3v) is 5.76. The van der Waals surface area contributed by atoms with E-state index in [1.807, 2.05) is 0 Å². The number of piperazine rings is 1. The molecule has 126 valence electrons. The lowest BCUT2D eigenvalue weighted by Crippen LogP contribution is -2.59. The molecule has 1 heterocycles.